The van der Waals surface area contributed by atoms with E-state index >= 15 is 0 Å². The fourth-order valence-electron chi connectivity index (χ4n) is 5.21. The van der Waals surface area contributed by atoms with Gasteiger partial charge in [-0.05, 0) is 61.1 Å². The van der Waals surface area contributed by atoms with Crippen molar-refractivity contribution in [1.82, 2.24) is 0 Å². The standard InChI is InChI=1S/C22H35BrSi/c1-2-15-24-16-13-19(14-17-24)4-3-18-5-7-20(8-6-18)21-9-11-22(23)12-10-21/h9-12,18-20,24H,2-8,13-17H2,1H3/t18-,19?,20-,24?. The molecule has 1 aliphatic heterocycles. The van der Waals surface area contributed by atoms with E-state index in [2.05, 4.69) is 47.1 Å². The third-order valence-corrected chi connectivity index (χ3v) is 11.1. The summed E-state index contributed by atoms with van der Waals surface area (Å²) < 4.78 is 1.21. The summed E-state index contributed by atoms with van der Waals surface area (Å²) in [6.45, 7) is 2.38. The Balaban J connectivity index is 1.35. The Hall–Kier alpha value is -0.0831. The van der Waals surface area contributed by atoms with Gasteiger partial charge in [0, 0.05) is 13.3 Å². The lowest BCUT2D eigenvalue weighted by Crippen LogP contribution is -2.22. The van der Waals surface area contributed by atoms with Gasteiger partial charge in [0.05, 0.1) is 0 Å². The molecule has 2 fully saturated rings. The summed E-state index contributed by atoms with van der Waals surface area (Å²) in [5.74, 6) is 2.95. The van der Waals surface area contributed by atoms with Crippen LogP contribution in [-0.2, 0) is 0 Å². The molecule has 0 aromatic heterocycles. The predicted molar refractivity (Wildman–Crippen MR) is 113 cm³/mol. The highest BCUT2D eigenvalue weighted by Crippen LogP contribution is 2.39. The van der Waals surface area contributed by atoms with Gasteiger partial charge in [0.1, 0.15) is 0 Å². The Bertz CT molecular complexity index is 467. The summed E-state index contributed by atoms with van der Waals surface area (Å²) in [7, 11) is -0.274. The Morgan fingerprint density at radius 1 is 0.875 bits per heavy atom. The number of benzene rings is 1. The summed E-state index contributed by atoms with van der Waals surface area (Å²) in [5, 5.41) is 0. The fourth-order valence-corrected chi connectivity index (χ4v) is 9.04. The Morgan fingerprint density at radius 3 is 2.04 bits per heavy atom. The highest BCUT2D eigenvalue weighted by Gasteiger charge is 2.25. The van der Waals surface area contributed by atoms with Gasteiger partial charge in [-0.1, -0.05) is 85.2 Å². The third-order valence-electron chi connectivity index (χ3n) is 6.83. The molecule has 2 heteroatoms. The number of hydrogen-bond donors (Lipinski definition) is 0. The van der Waals surface area contributed by atoms with Crippen LogP contribution in [0.3, 0.4) is 0 Å². The van der Waals surface area contributed by atoms with E-state index in [4.69, 9.17) is 0 Å². The van der Waals surface area contributed by atoms with E-state index in [0.29, 0.717) is 0 Å². The second-order valence-corrected chi connectivity index (χ2v) is 12.9. The topological polar surface area (TPSA) is 0 Å². The Labute approximate surface area is 159 Å². The van der Waals surface area contributed by atoms with Crippen molar-refractivity contribution in [1.29, 1.82) is 0 Å². The van der Waals surface area contributed by atoms with Crippen molar-refractivity contribution < 1.29 is 0 Å². The molecule has 0 N–H and O–H groups in total. The second kappa shape index (κ2) is 9.57. The maximum absolute atomic E-state index is 3.55. The molecule has 2 aliphatic rings. The first-order valence-corrected chi connectivity index (χ1v) is 13.7. The summed E-state index contributed by atoms with van der Waals surface area (Å²) in [4.78, 5) is 0. The van der Waals surface area contributed by atoms with Crippen LogP contribution < -0.4 is 0 Å². The molecule has 3 rings (SSSR count). The van der Waals surface area contributed by atoms with Gasteiger partial charge in [-0.3, -0.25) is 0 Å². The van der Waals surface area contributed by atoms with E-state index in [1.54, 1.807) is 43.0 Å². The van der Waals surface area contributed by atoms with Crippen molar-refractivity contribution in [2.45, 2.75) is 88.8 Å². The molecular formula is C22H35BrSi. The Kier molecular flexibility index (Phi) is 7.46. The van der Waals surface area contributed by atoms with Gasteiger partial charge in [-0.2, -0.15) is 0 Å². The van der Waals surface area contributed by atoms with Crippen molar-refractivity contribution in [3.63, 3.8) is 0 Å². The summed E-state index contributed by atoms with van der Waals surface area (Å²) in [6, 6.07) is 14.0. The lowest BCUT2D eigenvalue weighted by molar-refractivity contribution is 0.280. The van der Waals surface area contributed by atoms with Crippen molar-refractivity contribution >= 4 is 24.7 Å². The highest BCUT2D eigenvalue weighted by atomic mass is 79.9. The number of halogens is 1. The first kappa shape index (κ1) is 18.7. The van der Waals surface area contributed by atoms with Crippen molar-refractivity contribution in [2.75, 3.05) is 0 Å². The molecule has 1 saturated heterocycles. The molecule has 1 heterocycles. The molecule has 0 bridgehead atoms. The van der Waals surface area contributed by atoms with Crippen LogP contribution in [0.2, 0.25) is 18.1 Å². The molecular weight excluding hydrogens is 372 g/mol. The van der Waals surface area contributed by atoms with Crippen LogP contribution in [0.25, 0.3) is 0 Å². The minimum absolute atomic E-state index is 0.274. The van der Waals surface area contributed by atoms with Crippen LogP contribution in [0.4, 0.5) is 0 Å². The molecule has 0 spiro atoms. The van der Waals surface area contributed by atoms with Gasteiger partial charge < -0.3 is 0 Å². The molecule has 0 unspecified atom stereocenters. The lowest BCUT2D eigenvalue weighted by Gasteiger charge is -2.32. The smallest absolute Gasteiger partial charge is 0.0367 e. The summed E-state index contributed by atoms with van der Waals surface area (Å²) in [6.07, 6.45) is 13.5. The quantitative estimate of drug-likeness (QED) is 0.427. The molecule has 1 aromatic carbocycles. The summed E-state index contributed by atoms with van der Waals surface area (Å²) in [5.41, 5.74) is 1.57. The number of hydrogen-bond acceptors (Lipinski definition) is 0. The van der Waals surface area contributed by atoms with Gasteiger partial charge in [0.25, 0.3) is 0 Å². The lowest BCUT2D eigenvalue weighted by atomic mass is 9.76. The van der Waals surface area contributed by atoms with Gasteiger partial charge in [0.2, 0.25) is 0 Å². The van der Waals surface area contributed by atoms with Crippen LogP contribution in [0.1, 0.15) is 76.2 Å². The molecule has 1 aliphatic carbocycles. The molecule has 24 heavy (non-hydrogen) atoms. The minimum atomic E-state index is -0.274. The van der Waals surface area contributed by atoms with Gasteiger partial charge in [0.15, 0.2) is 0 Å². The second-order valence-electron chi connectivity index (χ2n) is 8.52. The predicted octanol–water partition coefficient (Wildman–Crippen LogP) is 7.55. The van der Waals surface area contributed by atoms with E-state index in [1.165, 1.54) is 43.0 Å². The van der Waals surface area contributed by atoms with Gasteiger partial charge in [-0.15, -0.1) is 0 Å². The first-order chi connectivity index (χ1) is 11.7. The average molecular weight is 408 g/mol. The highest BCUT2D eigenvalue weighted by molar-refractivity contribution is 9.10. The third kappa shape index (κ3) is 5.46. The van der Waals surface area contributed by atoms with Crippen LogP contribution >= 0.6 is 15.9 Å². The molecule has 0 nitrogen and oxygen atoms in total. The van der Waals surface area contributed by atoms with Crippen molar-refractivity contribution in [3.05, 3.63) is 34.3 Å². The van der Waals surface area contributed by atoms with E-state index in [0.717, 1.165) is 17.8 Å². The molecule has 134 valence electrons. The SMILES string of the molecule is CCC[SiH]1CCC(CC[C@H]2CC[C@H](c3ccc(Br)cc3)CC2)CC1. The zero-order chi connectivity index (χ0) is 16.8. The van der Waals surface area contributed by atoms with Crippen LogP contribution in [0, 0.1) is 11.8 Å². The Morgan fingerprint density at radius 2 is 1.46 bits per heavy atom. The van der Waals surface area contributed by atoms with Gasteiger partial charge >= 0.3 is 0 Å². The fraction of sp³-hybridized carbons (Fsp3) is 0.727. The monoisotopic (exact) mass is 406 g/mol. The number of rotatable bonds is 6. The van der Waals surface area contributed by atoms with Crippen LogP contribution in [-0.4, -0.2) is 8.80 Å². The molecule has 1 aromatic rings. The first-order valence-electron chi connectivity index (χ1n) is 10.5. The van der Waals surface area contributed by atoms with E-state index in [9.17, 15) is 0 Å². The largest absolute Gasteiger partial charge is 0.0657 e. The van der Waals surface area contributed by atoms with Crippen molar-refractivity contribution in [3.8, 4) is 0 Å². The van der Waals surface area contributed by atoms with E-state index < -0.39 is 0 Å². The molecule has 0 radical (unpaired) electrons. The minimum Gasteiger partial charge on any atom is -0.0657 e. The zero-order valence-corrected chi connectivity index (χ0v) is 18.2. The average Bonchev–Trinajstić information content (AvgIpc) is 2.63. The van der Waals surface area contributed by atoms with Crippen LogP contribution in [0.5, 0.6) is 0 Å². The van der Waals surface area contributed by atoms with Crippen molar-refractivity contribution in [2.24, 2.45) is 11.8 Å². The van der Waals surface area contributed by atoms with E-state index in [-0.39, 0.29) is 8.80 Å². The zero-order valence-electron chi connectivity index (χ0n) is 15.5. The van der Waals surface area contributed by atoms with Gasteiger partial charge in [-0.25, -0.2) is 0 Å². The van der Waals surface area contributed by atoms with Crippen LogP contribution in [0.15, 0.2) is 28.7 Å². The molecule has 1 saturated carbocycles. The summed E-state index contributed by atoms with van der Waals surface area (Å²) >= 11 is 3.55. The molecule has 0 amide bonds. The maximum atomic E-state index is 3.55. The van der Waals surface area contributed by atoms with E-state index in [1.807, 2.05) is 0 Å². The molecule has 0 atom stereocenters. The maximum Gasteiger partial charge on any atom is 0.0367 e. The normalized spacial score (nSPS) is 31.1.